The number of nitrogens with two attached hydrogens (primary N) is 1. The molecular formula is C17H27NO3. The Hall–Kier alpha value is -1.10. The van der Waals surface area contributed by atoms with E-state index in [1.807, 2.05) is 12.1 Å². The summed E-state index contributed by atoms with van der Waals surface area (Å²) in [6, 6.07) is 8.32. The molecule has 2 rings (SSSR count). The number of hydrogen-bond donors (Lipinski definition) is 1. The van der Waals surface area contributed by atoms with Gasteiger partial charge in [0.05, 0.1) is 13.2 Å². The third-order valence-electron chi connectivity index (χ3n) is 4.23. The molecule has 4 unspecified atom stereocenters. The first-order valence-corrected chi connectivity index (χ1v) is 7.79. The van der Waals surface area contributed by atoms with Gasteiger partial charge in [0.1, 0.15) is 18.0 Å². The van der Waals surface area contributed by atoms with Crippen molar-refractivity contribution in [3.05, 3.63) is 29.8 Å². The van der Waals surface area contributed by atoms with Crippen molar-refractivity contribution >= 4 is 0 Å². The second-order valence-electron chi connectivity index (χ2n) is 5.73. The molecule has 4 nitrogen and oxygen atoms in total. The average molecular weight is 293 g/mol. The van der Waals surface area contributed by atoms with E-state index in [2.05, 4.69) is 26.0 Å². The summed E-state index contributed by atoms with van der Waals surface area (Å²) in [4.78, 5) is 0. The molecule has 1 saturated carbocycles. The van der Waals surface area contributed by atoms with Crippen LogP contribution in [0.4, 0.5) is 0 Å². The molecule has 1 fully saturated rings. The Bertz CT molecular complexity index is 438. The molecule has 0 spiro atoms. The Morgan fingerprint density at radius 2 is 2.05 bits per heavy atom. The van der Waals surface area contributed by atoms with Crippen molar-refractivity contribution < 1.29 is 14.2 Å². The number of rotatable bonds is 8. The lowest BCUT2D eigenvalue weighted by Gasteiger charge is -2.42. The number of ether oxygens (including phenoxy) is 3. The van der Waals surface area contributed by atoms with Gasteiger partial charge in [0.2, 0.25) is 0 Å². The van der Waals surface area contributed by atoms with Crippen LogP contribution >= 0.6 is 0 Å². The van der Waals surface area contributed by atoms with Gasteiger partial charge >= 0.3 is 0 Å². The summed E-state index contributed by atoms with van der Waals surface area (Å²) in [5, 5.41) is 0. The molecule has 0 heterocycles. The van der Waals surface area contributed by atoms with Crippen LogP contribution in [0.2, 0.25) is 0 Å². The van der Waals surface area contributed by atoms with Crippen LogP contribution in [0.3, 0.4) is 0 Å². The molecule has 0 aromatic heterocycles. The molecular weight excluding hydrogens is 266 g/mol. The lowest BCUT2D eigenvalue weighted by molar-refractivity contribution is -0.107. The summed E-state index contributed by atoms with van der Waals surface area (Å²) in [7, 11) is 1.67. The molecule has 2 N–H and O–H groups in total. The minimum Gasteiger partial charge on any atom is -0.487 e. The van der Waals surface area contributed by atoms with E-state index in [-0.39, 0.29) is 18.2 Å². The van der Waals surface area contributed by atoms with Gasteiger partial charge < -0.3 is 19.9 Å². The van der Waals surface area contributed by atoms with Crippen molar-refractivity contribution in [2.45, 2.75) is 50.9 Å². The minimum absolute atomic E-state index is 0.0369. The Kier molecular flexibility index (Phi) is 6.03. The van der Waals surface area contributed by atoms with Gasteiger partial charge in [-0.3, -0.25) is 0 Å². The first-order chi connectivity index (χ1) is 10.2. The predicted molar refractivity (Wildman–Crippen MR) is 83.8 cm³/mol. The van der Waals surface area contributed by atoms with Gasteiger partial charge in [-0.05, 0) is 24.0 Å². The van der Waals surface area contributed by atoms with Gasteiger partial charge in [-0.1, -0.05) is 32.0 Å². The van der Waals surface area contributed by atoms with Crippen LogP contribution in [-0.4, -0.2) is 38.6 Å². The van der Waals surface area contributed by atoms with Gasteiger partial charge in [0, 0.05) is 19.6 Å². The van der Waals surface area contributed by atoms with E-state index in [9.17, 15) is 0 Å². The van der Waals surface area contributed by atoms with E-state index in [1.54, 1.807) is 7.11 Å². The monoisotopic (exact) mass is 293 g/mol. The van der Waals surface area contributed by atoms with Gasteiger partial charge in [-0.15, -0.1) is 0 Å². The molecule has 0 radical (unpaired) electrons. The van der Waals surface area contributed by atoms with Crippen molar-refractivity contribution in [2.75, 3.05) is 20.3 Å². The highest BCUT2D eigenvalue weighted by molar-refractivity contribution is 5.36. The molecule has 0 saturated heterocycles. The molecule has 1 aliphatic carbocycles. The first kappa shape index (κ1) is 16.3. The molecule has 0 amide bonds. The predicted octanol–water partition coefficient (Wildman–Crippen LogP) is 2.71. The van der Waals surface area contributed by atoms with Crippen LogP contribution in [0, 0.1) is 0 Å². The van der Waals surface area contributed by atoms with Crippen molar-refractivity contribution in [3.8, 4) is 5.75 Å². The molecule has 118 valence electrons. The molecule has 1 aromatic rings. The molecule has 1 aliphatic rings. The fourth-order valence-electron chi connectivity index (χ4n) is 2.61. The summed E-state index contributed by atoms with van der Waals surface area (Å²) in [6.45, 7) is 5.56. The minimum atomic E-state index is -0.0369. The maximum Gasteiger partial charge on any atom is 0.128 e. The van der Waals surface area contributed by atoms with E-state index in [0.717, 1.165) is 18.6 Å². The zero-order chi connectivity index (χ0) is 15.2. The zero-order valence-corrected chi connectivity index (χ0v) is 13.2. The smallest absolute Gasteiger partial charge is 0.128 e. The normalized spacial score (nSPS) is 26.2. The van der Waals surface area contributed by atoms with Gasteiger partial charge in [-0.2, -0.15) is 0 Å². The molecule has 1 aromatic carbocycles. The molecule has 4 atom stereocenters. The summed E-state index contributed by atoms with van der Waals surface area (Å²) in [6.07, 6.45) is 1.94. The van der Waals surface area contributed by atoms with Gasteiger partial charge in [0.25, 0.3) is 0 Å². The molecule has 0 aliphatic heterocycles. The quantitative estimate of drug-likeness (QED) is 0.749. The SMILES string of the molecule is CCC(C)c1ccccc1OC1CC(N)C1OCCOC. The van der Waals surface area contributed by atoms with Crippen molar-refractivity contribution in [1.29, 1.82) is 0 Å². The highest BCUT2D eigenvalue weighted by Gasteiger charge is 2.41. The Labute approximate surface area is 127 Å². The second kappa shape index (κ2) is 7.78. The lowest BCUT2D eigenvalue weighted by atomic mass is 9.86. The summed E-state index contributed by atoms with van der Waals surface area (Å²) >= 11 is 0. The molecule has 21 heavy (non-hydrogen) atoms. The van der Waals surface area contributed by atoms with Crippen LogP contribution in [0.15, 0.2) is 24.3 Å². The van der Waals surface area contributed by atoms with Crippen molar-refractivity contribution in [1.82, 2.24) is 0 Å². The van der Waals surface area contributed by atoms with Gasteiger partial charge in [0.15, 0.2) is 0 Å². The van der Waals surface area contributed by atoms with E-state index in [0.29, 0.717) is 19.1 Å². The fourth-order valence-corrected chi connectivity index (χ4v) is 2.61. The van der Waals surface area contributed by atoms with E-state index >= 15 is 0 Å². The van der Waals surface area contributed by atoms with E-state index < -0.39 is 0 Å². The maximum atomic E-state index is 6.17. The highest BCUT2D eigenvalue weighted by Crippen LogP contribution is 2.33. The summed E-state index contributed by atoms with van der Waals surface area (Å²) in [5.74, 6) is 1.45. The lowest BCUT2D eigenvalue weighted by Crippen LogP contribution is -2.59. The number of para-hydroxylation sites is 1. The zero-order valence-electron chi connectivity index (χ0n) is 13.2. The second-order valence-corrected chi connectivity index (χ2v) is 5.73. The fraction of sp³-hybridized carbons (Fsp3) is 0.647. The topological polar surface area (TPSA) is 53.7 Å². The third kappa shape index (κ3) is 3.96. The highest BCUT2D eigenvalue weighted by atomic mass is 16.6. The van der Waals surface area contributed by atoms with Crippen LogP contribution in [0.25, 0.3) is 0 Å². The summed E-state index contributed by atoms with van der Waals surface area (Å²) < 4.78 is 16.9. The standard InChI is InChI=1S/C17H27NO3/c1-4-12(2)13-7-5-6-8-15(13)21-16-11-14(18)17(16)20-10-9-19-3/h5-8,12,14,16-17H,4,9-11,18H2,1-3H3. The van der Waals surface area contributed by atoms with Crippen molar-refractivity contribution in [2.24, 2.45) is 5.73 Å². The van der Waals surface area contributed by atoms with Crippen LogP contribution < -0.4 is 10.5 Å². The molecule has 4 heteroatoms. The third-order valence-corrected chi connectivity index (χ3v) is 4.23. The largest absolute Gasteiger partial charge is 0.487 e. The van der Waals surface area contributed by atoms with E-state index in [1.165, 1.54) is 5.56 Å². The van der Waals surface area contributed by atoms with Crippen molar-refractivity contribution in [3.63, 3.8) is 0 Å². The molecule has 0 bridgehead atoms. The van der Waals surface area contributed by atoms with Crippen LogP contribution in [0.5, 0.6) is 5.75 Å². The van der Waals surface area contributed by atoms with Crippen LogP contribution in [0.1, 0.15) is 38.2 Å². The maximum absolute atomic E-state index is 6.17. The Balaban J connectivity index is 1.98. The van der Waals surface area contributed by atoms with E-state index in [4.69, 9.17) is 19.9 Å². The number of benzene rings is 1. The number of methoxy groups -OCH3 is 1. The Morgan fingerprint density at radius 1 is 1.29 bits per heavy atom. The average Bonchev–Trinajstić information content (AvgIpc) is 2.50. The first-order valence-electron chi connectivity index (χ1n) is 7.79. The number of hydrogen-bond acceptors (Lipinski definition) is 4. The van der Waals surface area contributed by atoms with Gasteiger partial charge in [-0.25, -0.2) is 0 Å². The summed E-state index contributed by atoms with van der Waals surface area (Å²) in [5.41, 5.74) is 7.29. The van der Waals surface area contributed by atoms with Crippen LogP contribution in [-0.2, 0) is 9.47 Å². The Morgan fingerprint density at radius 3 is 2.71 bits per heavy atom.